The van der Waals surface area contributed by atoms with Gasteiger partial charge in [0.1, 0.15) is 5.76 Å². The smallest absolute Gasteiger partial charge is 0.221 e. The van der Waals surface area contributed by atoms with E-state index in [1.54, 1.807) is 6.26 Å². The Kier molecular flexibility index (Phi) is 3.62. The molecule has 0 spiro atoms. The van der Waals surface area contributed by atoms with Gasteiger partial charge in [0.05, 0.1) is 12.3 Å². The molecule has 1 saturated carbocycles. The molecule has 1 atom stereocenters. The maximum absolute atomic E-state index is 11.6. The van der Waals surface area contributed by atoms with Gasteiger partial charge < -0.3 is 15.1 Å². The van der Waals surface area contributed by atoms with Gasteiger partial charge >= 0.3 is 0 Å². The number of carbonyl (C=O) groups excluding carboxylic acids is 1. The molecule has 2 rings (SSSR count). The SMILES string of the molecule is C[C@H](NC(=O)CCNC1CC1)c1ccco1. The first kappa shape index (κ1) is 11.2. The summed E-state index contributed by atoms with van der Waals surface area (Å²) >= 11 is 0. The fourth-order valence-corrected chi connectivity index (χ4v) is 1.60. The van der Waals surface area contributed by atoms with Crippen molar-refractivity contribution in [3.63, 3.8) is 0 Å². The average molecular weight is 222 g/mol. The maximum Gasteiger partial charge on any atom is 0.221 e. The van der Waals surface area contributed by atoms with Gasteiger partial charge in [-0.3, -0.25) is 4.79 Å². The van der Waals surface area contributed by atoms with Crippen LogP contribution >= 0.6 is 0 Å². The van der Waals surface area contributed by atoms with Crippen LogP contribution in [0.25, 0.3) is 0 Å². The second-order valence-electron chi connectivity index (χ2n) is 4.28. The number of furan rings is 1. The third-order valence-electron chi connectivity index (χ3n) is 2.71. The van der Waals surface area contributed by atoms with E-state index in [1.165, 1.54) is 12.8 Å². The van der Waals surface area contributed by atoms with Crippen molar-refractivity contribution in [3.05, 3.63) is 24.2 Å². The number of hydrogen-bond acceptors (Lipinski definition) is 3. The van der Waals surface area contributed by atoms with Crippen LogP contribution in [0.3, 0.4) is 0 Å². The molecule has 1 aromatic rings. The minimum atomic E-state index is -0.0524. The molecule has 1 aliphatic rings. The third-order valence-corrected chi connectivity index (χ3v) is 2.71. The van der Waals surface area contributed by atoms with Gasteiger partial charge in [-0.2, -0.15) is 0 Å². The molecule has 1 amide bonds. The van der Waals surface area contributed by atoms with Crippen molar-refractivity contribution in [2.45, 2.75) is 38.3 Å². The minimum Gasteiger partial charge on any atom is -0.467 e. The van der Waals surface area contributed by atoms with Crippen molar-refractivity contribution < 1.29 is 9.21 Å². The Balaban J connectivity index is 1.65. The molecule has 1 aromatic heterocycles. The molecule has 0 aromatic carbocycles. The molecule has 16 heavy (non-hydrogen) atoms. The molecule has 0 unspecified atom stereocenters. The van der Waals surface area contributed by atoms with Gasteiger partial charge in [0.15, 0.2) is 0 Å². The van der Waals surface area contributed by atoms with Crippen LogP contribution in [0.1, 0.15) is 38.0 Å². The lowest BCUT2D eigenvalue weighted by Crippen LogP contribution is -2.30. The number of hydrogen-bond donors (Lipinski definition) is 2. The summed E-state index contributed by atoms with van der Waals surface area (Å²) in [5, 5.41) is 6.21. The summed E-state index contributed by atoms with van der Waals surface area (Å²) in [6.45, 7) is 2.69. The quantitative estimate of drug-likeness (QED) is 0.768. The van der Waals surface area contributed by atoms with Crippen LogP contribution in [-0.4, -0.2) is 18.5 Å². The van der Waals surface area contributed by atoms with Crippen molar-refractivity contribution in [3.8, 4) is 0 Å². The zero-order valence-corrected chi connectivity index (χ0v) is 9.53. The Hall–Kier alpha value is -1.29. The van der Waals surface area contributed by atoms with Crippen LogP contribution < -0.4 is 10.6 Å². The standard InChI is InChI=1S/C12H18N2O2/c1-9(11-3-2-8-16-11)14-12(15)6-7-13-10-4-5-10/h2-3,8-10,13H,4-7H2,1H3,(H,14,15)/t9-/m0/s1. The number of amides is 1. The van der Waals surface area contributed by atoms with Crippen LogP contribution in [0.15, 0.2) is 22.8 Å². The largest absolute Gasteiger partial charge is 0.467 e. The predicted octanol–water partition coefficient (Wildman–Crippen LogP) is 1.60. The molecular weight excluding hydrogens is 204 g/mol. The highest BCUT2D eigenvalue weighted by Crippen LogP contribution is 2.18. The van der Waals surface area contributed by atoms with E-state index in [-0.39, 0.29) is 11.9 Å². The summed E-state index contributed by atoms with van der Waals surface area (Å²) < 4.78 is 5.22. The highest BCUT2D eigenvalue weighted by molar-refractivity contribution is 5.76. The fourth-order valence-electron chi connectivity index (χ4n) is 1.60. The Bertz CT molecular complexity index is 331. The molecular formula is C12H18N2O2. The first-order valence-electron chi connectivity index (χ1n) is 5.82. The molecule has 4 nitrogen and oxygen atoms in total. The first-order chi connectivity index (χ1) is 7.75. The second kappa shape index (κ2) is 5.16. The van der Waals surface area contributed by atoms with E-state index < -0.39 is 0 Å². The lowest BCUT2D eigenvalue weighted by molar-refractivity contribution is -0.121. The van der Waals surface area contributed by atoms with E-state index in [4.69, 9.17) is 4.42 Å². The van der Waals surface area contributed by atoms with Crippen molar-refractivity contribution in [1.29, 1.82) is 0 Å². The molecule has 0 radical (unpaired) electrons. The van der Waals surface area contributed by atoms with E-state index in [0.29, 0.717) is 12.5 Å². The van der Waals surface area contributed by atoms with E-state index >= 15 is 0 Å². The maximum atomic E-state index is 11.6. The van der Waals surface area contributed by atoms with Gasteiger partial charge in [-0.1, -0.05) is 0 Å². The van der Waals surface area contributed by atoms with Crippen molar-refractivity contribution in [1.82, 2.24) is 10.6 Å². The lowest BCUT2D eigenvalue weighted by atomic mass is 10.2. The van der Waals surface area contributed by atoms with Gasteiger partial charge in [0.2, 0.25) is 5.91 Å². The van der Waals surface area contributed by atoms with Gasteiger partial charge in [0.25, 0.3) is 0 Å². The van der Waals surface area contributed by atoms with E-state index in [2.05, 4.69) is 10.6 Å². The monoisotopic (exact) mass is 222 g/mol. The fraction of sp³-hybridized carbons (Fsp3) is 0.583. The Morgan fingerprint density at radius 3 is 3.06 bits per heavy atom. The summed E-state index contributed by atoms with van der Waals surface area (Å²) in [4.78, 5) is 11.6. The molecule has 1 fully saturated rings. The van der Waals surface area contributed by atoms with Gasteiger partial charge in [-0.05, 0) is 31.9 Å². The van der Waals surface area contributed by atoms with Crippen molar-refractivity contribution in [2.24, 2.45) is 0 Å². The van der Waals surface area contributed by atoms with Crippen LogP contribution in [0, 0.1) is 0 Å². The molecule has 1 aliphatic carbocycles. The summed E-state index contributed by atoms with van der Waals surface area (Å²) in [7, 11) is 0. The third kappa shape index (κ3) is 3.38. The first-order valence-corrected chi connectivity index (χ1v) is 5.82. The molecule has 0 aliphatic heterocycles. The normalized spacial score (nSPS) is 17.1. The van der Waals surface area contributed by atoms with Crippen LogP contribution in [0.4, 0.5) is 0 Å². The highest BCUT2D eigenvalue weighted by atomic mass is 16.3. The van der Waals surface area contributed by atoms with Crippen molar-refractivity contribution in [2.75, 3.05) is 6.54 Å². The van der Waals surface area contributed by atoms with Crippen molar-refractivity contribution >= 4 is 5.91 Å². The van der Waals surface area contributed by atoms with E-state index in [1.807, 2.05) is 19.1 Å². The van der Waals surface area contributed by atoms with E-state index in [9.17, 15) is 4.79 Å². The highest BCUT2D eigenvalue weighted by Gasteiger charge is 2.20. The van der Waals surface area contributed by atoms with Crippen LogP contribution in [0.2, 0.25) is 0 Å². The van der Waals surface area contributed by atoms with Gasteiger partial charge in [-0.25, -0.2) is 0 Å². The molecule has 1 heterocycles. The molecule has 2 N–H and O–H groups in total. The number of rotatable bonds is 6. The molecule has 0 saturated heterocycles. The van der Waals surface area contributed by atoms with Crippen LogP contribution in [0.5, 0.6) is 0 Å². The molecule has 0 bridgehead atoms. The second-order valence-corrected chi connectivity index (χ2v) is 4.28. The zero-order chi connectivity index (χ0) is 11.4. The summed E-state index contributed by atoms with van der Waals surface area (Å²) in [5.74, 6) is 0.862. The molecule has 88 valence electrons. The summed E-state index contributed by atoms with van der Waals surface area (Å²) in [6.07, 6.45) is 4.66. The van der Waals surface area contributed by atoms with Gasteiger partial charge in [-0.15, -0.1) is 0 Å². The Labute approximate surface area is 95.4 Å². The number of carbonyl (C=O) groups is 1. The number of nitrogens with one attached hydrogen (secondary N) is 2. The van der Waals surface area contributed by atoms with Crippen LogP contribution in [-0.2, 0) is 4.79 Å². The van der Waals surface area contributed by atoms with E-state index in [0.717, 1.165) is 12.3 Å². The minimum absolute atomic E-state index is 0.0524. The average Bonchev–Trinajstić information content (AvgIpc) is 2.91. The molecule has 4 heteroatoms. The Morgan fingerprint density at radius 1 is 1.62 bits per heavy atom. The topological polar surface area (TPSA) is 54.3 Å². The Morgan fingerprint density at radius 2 is 2.44 bits per heavy atom. The lowest BCUT2D eigenvalue weighted by Gasteiger charge is -2.11. The predicted molar refractivity (Wildman–Crippen MR) is 60.9 cm³/mol. The zero-order valence-electron chi connectivity index (χ0n) is 9.53. The summed E-state index contributed by atoms with van der Waals surface area (Å²) in [6, 6.07) is 4.30. The van der Waals surface area contributed by atoms with Gasteiger partial charge in [0, 0.05) is 19.0 Å². The summed E-state index contributed by atoms with van der Waals surface area (Å²) in [5.41, 5.74) is 0.